The van der Waals surface area contributed by atoms with Gasteiger partial charge < -0.3 is 10.1 Å². The Morgan fingerprint density at radius 3 is 2.68 bits per heavy atom. The molecule has 0 spiro atoms. The van der Waals surface area contributed by atoms with Gasteiger partial charge >= 0.3 is 0 Å². The highest BCUT2D eigenvalue weighted by atomic mass is 32.1. The predicted molar refractivity (Wildman–Crippen MR) is 94.9 cm³/mol. The molecule has 0 unspecified atom stereocenters. The van der Waals surface area contributed by atoms with Gasteiger partial charge in [-0.15, -0.1) is 11.3 Å². The van der Waals surface area contributed by atoms with Gasteiger partial charge in [-0.05, 0) is 24.3 Å². The molecule has 0 saturated heterocycles. The molecule has 1 aromatic heterocycles. The van der Waals surface area contributed by atoms with E-state index in [1.807, 2.05) is 24.3 Å². The Balaban J connectivity index is 1.42. The van der Waals surface area contributed by atoms with Crippen LogP contribution in [0.2, 0.25) is 0 Å². The first kappa shape index (κ1) is 16.8. The lowest BCUT2D eigenvalue weighted by Gasteiger charge is -2.06. The third-order valence-corrected chi connectivity index (χ3v) is 4.51. The lowest BCUT2D eigenvalue weighted by atomic mass is 10.3. The molecule has 1 amide bonds. The van der Waals surface area contributed by atoms with E-state index in [-0.39, 0.29) is 18.2 Å². The molecule has 0 bridgehead atoms. The zero-order valence-electron chi connectivity index (χ0n) is 13.2. The fourth-order valence-corrected chi connectivity index (χ4v) is 3.17. The Kier molecular flexibility index (Phi) is 5.20. The molecule has 1 heterocycles. The van der Waals surface area contributed by atoms with Crippen LogP contribution in [0, 0.1) is 10.1 Å². The molecule has 1 N–H and O–H groups in total. The molecule has 7 nitrogen and oxygen atoms in total. The van der Waals surface area contributed by atoms with Crippen molar-refractivity contribution in [3.8, 4) is 5.75 Å². The summed E-state index contributed by atoms with van der Waals surface area (Å²) in [5.74, 6) is 0.159. The van der Waals surface area contributed by atoms with Crippen LogP contribution in [-0.4, -0.2) is 29.0 Å². The van der Waals surface area contributed by atoms with Crippen LogP contribution in [-0.2, 0) is 11.2 Å². The summed E-state index contributed by atoms with van der Waals surface area (Å²) in [6.07, 6.45) is 0.655. The zero-order valence-corrected chi connectivity index (χ0v) is 14.0. The van der Waals surface area contributed by atoms with Crippen LogP contribution < -0.4 is 10.1 Å². The average Bonchev–Trinajstić information content (AvgIpc) is 3.03. The Bertz CT molecular complexity index is 859. The lowest BCUT2D eigenvalue weighted by Crippen LogP contribution is -2.30. The normalized spacial score (nSPS) is 10.6. The Morgan fingerprint density at radius 2 is 1.96 bits per heavy atom. The lowest BCUT2D eigenvalue weighted by molar-refractivity contribution is -0.384. The smallest absolute Gasteiger partial charge is 0.269 e. The van der Waals surface area contributed by atoms with E-state index in [9.17, 15) is 14.9 Å². The van der Waals surface area contributed by atoms with Crippen LogP contribution in [0.3, 0.4) is 0 Å². The number of nitro groups is 1. The maximum Gasteiger partial charge on any atom is 0.269 e. The molecule has 0 aliphatic heterocycles. The van der Waals surface area contributed by atoms with E-state index in [0.29, 0.717) is 18.7 Å². The zero-order chi connectivity index (χ0) is 17.6. The summed E-state index contributed by atoms with van der Waals surface area (Å²) in [6, 6.07) is 13.5. The van der Waals surface area contributed by atoms with Crippen LogP contribution in [0.4, 0.5) is 5.69 Å². The summed E-state index contributed by atoms with van der Waals surface area (Å²) in [4.78, 5) is 26.4. The van der Waals surface area contributed by atoms with Gasteiger partial charge in [-0.3, -0.25) is 14.9 Å². The third kappa shape index (κ3) is 4.51. The monoisotopic (exact) mass is 357 g/mol. The van der Waals surface area contributed by atoms with Crippen LogP contribution >= 0.6 is 11.3 Å². The molecular weight excluding hydrogens is 342 g/mol. The van der Waals surface area contributed by atoms with Gasteiger partial charge in [0, 0.05) is 25.1 Å². The number of fused-ring (bicyclic) bond motifs is 1. The van der Waals surface area contributed by atoms with Crippen molar-refractivity contribution in [2.45, 2.75) is 6.42 Å². The quantitative estimate of drug-likeness (QED) is 0.518. The first-order valence-corrected chi connectivity index (χ1v) is 8.42. The molecule has 128 valence electrons. The Labute approximate surface area is 147 Å². The minimum Gasteiger partial charge on any atom is -0.484 e. The van der Waals surface area contributed by atoms with Crippen LogP contribution in [0.1, 0.15) is 5.01 Å². The van der Waals surface area contributed by atoms with Crippen molar-refractivity contribution in [1.82, 2.24) is 10.3 Å². The van der Waals surface area contributed by atoms with E-state index < -0.39 is 4.92 Å². The summed E-state index contributed by atoms with van der Waals surface area (Å²) in [5, 5.41) is 14.3. The van der Waals surface area contributed by atoms with Gasteiger partial charge in [-0.2, -0.15) is 0 Å². The molecule has 0 saturated carbocycles. The molecule has 0 aliphatic rings. The van der Waals surface area contributed by atoms with Crippen molar-refractivity contribution >= 4 is 33.1 Å². The molecule has 3 rings (SSSR count). The number of non-ortho nitro benzene ring substituents is 1. The molecule has 0 fully saturated rings. The largest absolute Gasteiger partial charge is 0.484 e. The Hall–Kier alpha value is -3.00. The molecule has 8 heteroatoms. The van der Waals surface area contributed by atoms with E-state index in [1.165, 1.54) is 24.3 Å². The van der Waals surface area contributed by atoms with Gasteiger partial charge in [0.2, 0.25) is 0 Å². The van der Waals surface area contributed by atoms with Crippen LogP contribution in [0.15, 0.2) is 48.5 Å². The second-order valence-electron chi connectivity index (χ2n) is 5.21. The van der Waals surface area contributed by atoms with E-state index >= 15 is 0 Å². The number of nitrogens with one attached hydrogen (secondary N) is 1. The molecule has 0 aliphatic carbocycles. The molecule has 2 aromatic carbocycles. The number of carbonyl (C=O) groups excluding carboxylic acids is 1. The summed E-state index contributed by atoms with van der Waals surface area (Å²) < 4.78 is 6.44. The van der Waals surface area contributed by atoms with E-state index in [4.69, 9.17) is 4.74 Å². The number of para-hydroxylation sites is 1. The first-order valence-electron chi connectivity index (χ1n) is 7.60. The number of aromatic nitrogens is 1. The highest BCUT2D eigenvalue weighted by Gasteiger charge is 2.07. The molecule has 0 atom stereocenters. The number of amides is 1. The summed E-state index contributed by atoms with van der Waals surface area (Å²) in [6.45, 7) is 0.333. The van der Waals surface area contributed by atoms with Crippen molar-refractivity contribution in [1.29, 1.82) is 0 Å². The number of hydrogen-bond acceptors (Lipinski definition) is 6. The second-order valence-corrected chi connectivity index (χ2v) is 6.33. The van der Waals surface area contributed by atoms with Gasteiger partial charge in [0.15, 0.2) is 6.61 Å². The van der Waals surface area contributed by atoms with Gasteiger partial charge in [0.25, 0.3) is 11.6 Å². The number of nitro benzene ring substituents is 1. The maximum atomic E-state index is 11.8. The fraction of sp³-hybridized carbons (Fsp3) is 0.176. The van der Waals surface area contributed by atoms with E-state index in [2.05, 4.69) is 10.3 Å². The SMILES string of the molecule is O=C(COc1ccc([N+](=O)[O-])cc1)NCCc1nc2ccccc2s1. The molecule has 25 heavy (non-hydrogen) atoms. The number of rotatable bonds is 7. The fourth-order valence-electron chi connectivity index (χ4n) is 2.20. The van der Waals surface area contributed by atoms with Crippen molar-refractivity contribution in [2.24, 2.45) is 0 Å². The highest BCUT2D eigenvalue weighted by Crippen LogP contribution is 2.21. The molecular formula is C17H15N3O4S. The van der Waals surface area contributed by atoms with Crippen LogP contribution in [0.25, 0.3) is 10.2 Å². The number of benzene rings is 2. The number of ether oxygens (including phenoxy) is 1. The van der Waals surface area contributed by atoms with Gasteiger partial charge in [0.1, 0.15) is 5.75 Å². The minimum atomic E-state index is -0.488. The van der Waals surface area contributed by atoms with Crippen molar-refractivity contribution in [3.05, 3.63) is 63.7 Å². The first-order chi connectivity index (χ1) is 12.1. The van der Waals surface area contributed by atoms with Gasteiger partial charge in [-0.25, -0.2) is 4.98 Å². The number of nitrogens with zero attached hydrogens (tertiary/aromatic N) is 2. The van der Waals surface area contributed by atoms with Crippen LogP contribution in [0.5, 0.6) is 5.75 Å². The topological polar surface area (TPSA) is 94.4 Å². The summed E-state index contributed by atoms with van der Waals surface area (Å²) >= 11 is 1.61. The number of hydrogen-bond donors (Lipinski definition) is 1. The van der Waals surface area contributed by atoms with Crippen molar-refractivity contribution < 1.29 is 14.5 Å². The van der Waals surface area contributed by atoms with Crippen molar-refractivity contribution in [3.63, 3.8) is 0 Å². The van der Waals surface area contributed by atoms with Crippen molar-refractivity contribution in [2.75, 3.05) is 13.2 Å². The highest BCUT2D eigenvalue weighted by molar-refractivity contribution is 7.18. The molecule has 3 aromatic rings. The third-order valence-electron chi connectivity index (χ3n) is 3.42. The van der Waals surface area contributed by atoms with E-state index in [0.717, 1.165) is 15.2 Å². The standard InChI is InChI=1S/C17H15N3O4S/c21-16(11-24-13-7-5-12(6-8-13)20(22)23)18-10-9-17-19-14-3-1-2-4-15(14)25-17/h1-8H,9-11H2,(H,18,21). The molecule has 0 radical (unpaired) electrons. The van der Waals surface area contributed by atoms with E-state index in [1.54, 1.807) is 11.3 Å². The summed E-state index contributed by atoms with van der Waals surface area (Å²) in [7, 11) is 0. The Morgan fingerprint density at radius 1 is 1.20 bits per heavy atom. The summed E-state index contributed by atoms with van der Waals surface area (Å²) in [5.41, 5.74) is 0.947. The second kappa shape index (κ2) is 7.71. The maximum absolute atomic E-state index is 11.8. The number of thiazole rings is 1. The average molecular weight is 357 g/mol. The van der Waals surface area contributed by atoms with Gasteiger partial charge in [-0.1, -0.05) is 12.1 Å². The predicted octanol–water partition coefficient (Wildman–Crippen LogP) is 2.94. The van der Waals surface area contributed by atoms with Gasteiger partial charge in [0.05, 0.1) is 20.1 Å². The minimum absolute atomic E-state index is 0.0207. The number of carbonyl (C=O) groups is 1.